The first-order valence-corrected chi connectivity index (χ1v) is 7.81. The Morgan fingerprint density at radius 3 is 2.30 bits per heavy atom. The molecule has 2 rings (SSSR count). The number of benzene rings is 2. The van der Waals surface area contributed by atoms with E-state index in [1.165, 1.54) is 5.56 Å². The molecule has 0 aromatic heterocycles. The van der Waals surface area contributed by atoms with Crippen LogP contribution in [0.25, 0.3) is 0 Å². The van der Waals surface area contributed by atoms with E-state index in [2.05, 4.69) is 6.92 Å². The van der Waals surface area contributed by atoms with E-state index in [9.17, 15) is 15.0 Å². The maximum absolute atomic E-state index is 11.7. The number of aliphatic carboxylic acids is 1. The molecular formula is C19H22O4. The molecule has 0 aliphatic heterocycles. The predicted octanol–water partition coefficient (Wildman–Crippen LogP) is 3.76. The van der Waals surface area contributed by atoms with Crippen LogP contribution in [0.4, 0.5) is 0 Å². The Balaban J connectivity index is 2.25. The number of carboxylic acid groups (broad SMARTS) is 1. The minimum atomic E-state index is -0.861. The normalized spacial score (nSPS) is 11.9. The van der Waals surface area contributed by atoms with E-state index in [1.54, 1.807) is 18.2 Å². The molecule has 0 radical (unpaired) electrons. The van der Waals surface area contributed by atoms with Gasteiger partial charge in [-0.05, 0) is 48.6 Å². The smallest absolute Gasteiger partial charge is 0.311 e. The number of ether oxygens (including phenoxy) is 1. The van der Waals surface area contributed by atoms with Crippen LogP contribution in [0.3, 0.4) is 0 Å². The van der Waals surface area contributed by atoms with Gasteiger partial charge in [-0.1, -0.05) is 37.3 Å². The van der Waals surface area contributed by atoms with Crippen molar-refractivity contribution in [2.24, 2.45) is 0 Å². The lowest BCUT2D eigenvalue weighted by Gasteiger charge is -2.15. The van der Waals surface area contributed by atoms with Crippen LogP contribution in [0.15, 0.2) is 42.5 Å². The lowest BCUT2D eigenvalue weighted by atomic mass is 9.91. The average Bonchev–Trinajstić information content (AvgIpc) is 2.55. The third kappa shape index (κ3) is 4.25. The number of aryl methyl sites for hydroxylation is 1. The minimum absolute atomic E-state index is 0.0646. The van der Waals surface area contributed by atoms with Crippen LogP contribution >= 0.6 is 0 Å². The van der Waals surface area contributed by atoms with Gasteiger partial charge in [-0.2, -0.15) is 0 Å². The highest BCUT2D eigenvalue weighted by molar-refractivity contribution is 5.76. The molecule has 0 spiro atoms. The van der Waals surface area contributed by atoms with E-state index < -0.39 is 11.9 Å². The molecule has 122 valence electrons. The molecule has 0 saturated carbocycles. The van der Waals surface area contributed by atoms with Gasteiger partial charge < -0.3 is 14.9 Å². The predicted molar refractivity (Wildman–Crippen MR) is 89.2 cm³/mol. The fourth-order valence-electron chi connectivity index (χ4n) is 2.53. The summed E-state index contributed by atoms with van der Waals surface area (Å²) in [6.07, 6.45) is 1.27. The van der Waals surface area contributed by atoms with E-state index in [4.69, 9.17) is 4.74 Å². The maximum Gasteiger partial charge on any atom is 0.311 e. The topological polar surface area (TPSA) is 66.8 Å². The van der Waals surface area contributed by atoms with Crippen molar-refractivity contribution >= 4 is 5.97 Å². The summed E-state index contributed by atoms with van der Waals surface area (Å²) in [7, 11) is 0. The fourth-order valence-corrected chi connectivity index (χ4v) is 2.53. The van der Waals surface area contributed by atoms with E-state index in [-0.39, 0.29) is 5.75 Å². The van der Waals surface area contributed by atoms with Gasteiger partial charge in [-0.15, -0.1) is 0 Å². The van der Waals surface area contributed by atoms with Gasteiger partial charge in [0, 0.05) is 0 Å². The number of hydrogen-bond donors (Lipinski definition) is 2. The summed E-state index contributed by atoms with van der Waals surface area (Å²) < 4.78 is 5.36. The molecule has 0 aliphatic rings. The van der Waals surface area contributed by atoms with E-state index in [1.807, 2.05) is 31.2 Å². The highest BCUT2D eigenvalue weighted by Crippen LogP contribution is 2.30. The standard InChI is InChI=1S/C19H22O4/c1-3-13-5-8-15(9-6-13)16(19(21)22)11-14-7-10-17(20)18(12-14)23-4-2/h5-10,12,16,20H,3-4,11H2,1-2H3,(H,21,22). The molecule has 0 saturated heterocycles. The molecule has 4 nitrogen and oxygen atoms in total. The number of carbonyl (C=O) groups is 1. The van der Waals surface area contributed by atoms with Crippen LogP contribution in [-0.2, 0) is 17.6 Å². The van der Waals surface area contributed by atoms with Gasteiger partial charge in [0.25, 0.3) is 0 Å². The van der Waals surface area contributed by atoms with Gasteiger partial charge in [-0.25, -0.2) is 0 Å². The largest absolute Gasteiger partial charge is 0.504 e. The zero-order chi connectivity index (χ0) is 16.8. The average molecular weight is 314 g/mol. The van der Waals surface area contributed by atoms with E-state index >= 15 is 0 Å². The molecule has 4 heteroatoms. The first-order chi connectivity index (χ1) is 11.0. The molecule has 1 unspecified atom stereocenters. The van der Waals surface area contributed by atoms with Gasteiger partial charge in [-0.3, -0.25) is 4.79 Å². The highest BCUT2D eigenvalue weighted by atomic mass is 16.5. The van der Waals surface area contributed by atoms with Crippen molar-refractivity contribution in [1.82, 2.24) is 0 Å². The molecule has 2 N–H and O–H groups in total. The van der Waals surface area contributed by atoms with Gasteiger partial charge in [0.15, 0.2) is 11.5 Å². The van der Waals surface area contributed by atoms with Crippen LogP contribution in [0, 0.1) is 0 Å². The Kier molecular flexibility index (Phi) is 5.63. The molecule has 0 aliphatic carbocycles. The number of carboxylic acids is 1. The van der Waals surface area contributed by atoms with Gasteiger partial charge in [0.05, 0.1) is 12.5 Å². The summed E-state index contributed by atoms with van der Waals surface area (Å²) in [4.78, 5) is 11.7. The molecule has 0 heterocycles. The number of rotatable bonds is 7. The fraction of sp³-hybridized carbons (Fsp3) is 0.316. The van der Waals surface area contributed by atoms with Crippen molar-refractivity contribution < 1.29 is 19.7 Å². The number of phenolic OH excluding ortho intramolecular Hbond substituents is 1. The van der Waals surface area contributed by atoms with Crippen LogP contribution < -0.4 is 4.74 Å². The molecule has 0 fully saturated rings. The van der Waals surface area contributed by atoms with Crippen molar-refractivity contribution in [2.45, 2.75) is 32.6 Å². The van der Waals surface area contributed by atoms with Crippen LogP contribution in [-0.4, -0.2) is 22.8 Å². The zero-order valence-corrected chi connectivity index (χ0v) is 13.5. The van der Waals surface area contributed by atoms with Crippen molar-refractivity contribution in [3.63, 3.8) is 0 Å². The van der Waals surface area contributed by atoms with Crippen molar-refractivity contribution in [3.05, 3.63) is 59.2 Å². The van der Waals surface area contributed by atoms with E-state index in [0.717, 1.165) is 17.5 Å². The monoisotopic (exact) mass is 314 g/mol. The van der Waals surface area contributed by atoms with Crippen LogP contribution in [0.1, 0.15) is 36.5 Å². The van der Waals surface area contributed by atoms with Gasteiger partial charge >= 0.3 is 5.97 Å². The van der Waals surface area contributed by atoms with E-state index in [0.29, 0.717) is 18.8 Å². The number of aromatic hydroxyl groups is 1. The molecule has 0 amide bonds. The lowest BCUT2D eigenvalue weighted by molar-refractivity contribution is -0.138. The molecule has 0 bridgehead atoms. The molecule has 1 atom stereocenters. The Morgan fingerprint density at radius 1 is 1.09 bits per heavy atom. The summed E-state index contributed by atoms with van der Waals surface area (Å²) in [5, 5.41) is 19.3. The second-order valence-electron chi connectivity index (χ2n) is 5.43. The summed E-state index contributed by atoms with van der Waals surface area (Å²) in [5.74, 6) is -1.04. The third-order valence-corrected chi connectivity index (χ3v) is 3.85. The van der Waals surface area contributed by atoms with Crippen molar-refractivity contribution in [1.29, 1.82) is 0 Å². The quantitative estimate of drug-likeness (QED) is 0.816. The molecule has 2 aromatic carbocycles. The highest BCUT2D eigenvalue weighted by Gasteiger charge is 2.21. The summed E-state index contributed by atoms with van der Waals surface area (Å²) in [6, 6.07) is 12.7. The third-order valence-electron chi connectivity index (χ3n) is 3.85. The van der Waals surface area contributed by atoms with Gasteiger partial charge in [0.2, 0.25) is 0 Å². The summed E-state index contributed by atoms with van der Waals surface area (Å²) in [5.41, 5.74) is 2.78. The Hall–Kier alpha value is -2.49. The molecular weight excluding hydrogens is 292 g/mol. The molecule has 2 aromatic rings. The van der Waals surface area contributed by atoms with Gasteiger partial charge in [0.1, 0.15) is 0 Å². The summed E-state index contributed by atoms with van der Waals surface area (Å²) >= 11 is 0. The Labute approximate surface area is 136 Å². The number of hydrogen-bond acceptors (Lipinski definition) is 3. The second kappa shape index (κ2) is 7.68. The van der Waals surface area contributed by atoms with Crippen molar-refractivity contribution in [2.75, 3.05) is 6.61 Å². The Bertz CT molecular complexity index is 662. The van der Waals surface area contributed by atoms with Crippen LogP contribution in [0.5, 0.6) is 11.5 Å². The maximum atomic E-state index is 11.7. The zero-order valence-electron chi connectivity index (χ0n) is 13.5. The molecule has 23 heavy (non-hydrogen) atoms. The first-order valence-electron chi connectivity index (χ1n) is 7.81. The Morgan fingerprint density at radius 2 is 1.74 bits per heavy atom. The number of phenols is 1. The minimum Gasteiger partial charge on any atom is -0.504 e. The van der Waals surface area contributed by atoms with Crippen LogP contribution in [0.2, 0.25) is 0 Å². The summed E-state index contributed by atoms with van der Waals surface area (Å²) in [6.45, 7) is 4.34. The van der Waals surface area contributed by atoms with Crippen molar-refractivity contribution in [3.8, 4) is 11.5 Å². The lowest BCUT2D eigenvalue weighted by Crippen LogP contribution is -2.14. The second-order valence-corrected chi connectivity index (χ2v) is 5.43. The SMILES string of the molecule is CCOc1cc(CC(C(=O)O)c2ccc(CC)cc2)ccc1O. The first kappa shape index (κ1) is 16.9.